The Balaban J connectivity index is 2.95. The molecule has 0 aromatic heterocycles. The Kier molecular flexibility index (Phi) is 8.31. The summed E-state index contributed by atoms with van der Waals surface area (Å²) < 4.78 is 11.6. The summed E-state index contributed by atoms with van der Waals surface area (Å²) in [5.41, 5.74) is 2.99. The first-order valence-corrected chi connectivity index (χ1v) is 11.3. The van der Waals surface area contributed by atoms with Crippen LogP contribution in [0.25, 0.3) is 0 Å². The predicted octanol–water partition coefficient (Wildman–Crippen LogP) is 4.98. The van der Waals surface area contributed by atoms with E-state index in [-0.39, 0.29) is 19.2 Å². The Morgan fingerprint density at radius 3 is 2.04 bits per heavy atom. The number of hydrogen-bond acceptors (Lipinski definition) is 4. The zero-order chi connectivity index (χ0) is 19.2. The molecule has 0 bridgehead atoms. The van der Waals surface area contributed by atoms with Crippen molar-refractivity contribution in [3.8, 4) is 0 Å². The summed E-state index contributed by atoms with van der Waals surface area (Å²) in [7, 11) is -2.02. The van der Waals surface area contributed by atoms with Gasteiger partial charge in [-0.3, -0.25) is 4.79 Å². The molecule has 142 valence electrons. The fourth-order valence-electron chi connectivity index (χ4n) is 3.98. The summed E-state index contributed by atoms with van der Waals surface area (Å²) in [6, 6.07) is 7.51. The topological polar surface area (TPSA) is 55.8 Å². The van der Waals surface area contributed by atoms with Gasteiger partial charge in [0.15, 0.2) is 8.32 Å². The number of aliphatic hydroxyl groups excluding tert-OH is 1. The molecule has 4 nitrogen and oxygen atoms in total. The molecular weight excluding hydrogens is 332 g/mol. The average Bonchev–Trinajstić information content (AvgIpc) is 2.52. The van der Waals surface area contributed by atoms with Crippen LogP contribution in [0.4, 0.5) is 0 Å². The molecule has 5 heteroatoms. The lowest BCUT2D eigenvalue weighted by molar-refractivity contribution is -0.142. The van der Waals surface area contributed by atoms with E-state index in [1.165, 1.54) is 6.92 Å². The van der Waals surface area contributed by atoms with Crippen LogP contribution in [0.15, 0.2) is 24.3 Å². The molecule has 0 heterocycles. The summed E-state index contributed by atoms with van der Waals surface area (Å²) in [6.45, 7) is 15.2. The largest absolute Gasteiger partial charge is 0.461 e. The third-order valence-corrected chi connectivity index (χ3v) is 11.1. The highest BCUT2D eigenvalue weighted by molar-refractivity contribution is 6.77. The minimum absolute atomic E-state index is 0.170. The van der Waals surface area contributed by atoms with Gasteiger partial charge in [-0.15, -0.1) is 0 Å². The first-order chi connectivity index (χ1) is 11.6. The van der Waals surface area contributed by atoms with Crippen LogP contribution >= 0.6 is 0 Å². The van der Waals surface area contributed by atoms with Gasteiger partial charge >= 0.3 is 5.97 Å². The van der Waals surface area contributed by atoms with E-state index in [9.17, 15) is 9.90 Å². The molecule has 1 atom stereocenters. The minimum Gasteiger partial charge on any atom is -0.461 e. The first kappa shape index (κ1) is 21.9. The minimum atomic E-state index is -2.02. The van der Waals surface area contributed by atoms with Crippen LogP contribution in [-0.2, 0) is 20.6 Å². The van der Waals surface area contributed by atoms with E-state index in [1.54, 1.807) is 0 Å². The van der Waals surface area contributed by atoms with Crippen LogP contribution in [0.5, 0.6) is 0 Å². The number of ether oxygens (including phenoxy) is 1. The average molecular weight is 367 g/mol. The maximum absolute atomic E-state index is 11.1. The van der Waals surface area contributed by atoms with Crippen molar-refractivity contribution in [3.63, 3.8) is 0 Å². The Bertz CT molecular complexity index is 533. The molecule has 0 fully saturated rings. The van der Waals surface area contributed by atoms with E-state index in [4.69, 9.17) is 9.16 Å². The van der Waals surface area contributed by atoms with Gasteiger partial charge in [-0.2, -0.15) is 0 Å². The van der Waals surface area contributed by atoms with Crippen LogP contribution in [0.1, 0.15) is 65.7 Å². The van der Waals surface area contributed by atoms with Crippen molar-refractivity contribution < 1.29 is 19.1 Å². The van der Waals surface area contributed by atoms with Crippen molar-refractivity contribution in [2.75, 3.05) is 6.61 Å². The quantitative estimate of drug-likeness (QED) is 0.495. The van der Waals surface area contributed by atoms with E-state index in [0.717, 1.165) is 11.1 Å². The SMILES string of the molecule is CC(=O)OCc1ccccc1C(O)CO[Si](C(C)C)(C(C)C)C(C)C. The lowest BCUT2D eigenvalue weighted by Crippen LogP contribution is -2.48. The molecule has 0 radical (unpaired) electrons. The highest BCUT2D eigenvalue weighted by atomic mass is 28.4. The zero-order valence-corrected chi connectivity index (χ0v) is 17.7. The molecule has 0 aliphatic rings. The smallest absolute Gasteiger partial charge is 0.302 e. The van der Waals surface area contributed by atoms with E-state index < -0.39 is 14.4 Å². The van der Waals surface area contributed by atoms with Gasteiger partial charge in [0.2, 0.25) is 0 Å². The van der Waals surface area contributed by atoms with Crippen LogP contribution in [0.3, 0.4) is 0 Å². The molecule has 1 aromatic rings. The number of carbonyl (C=O) groups excluding carboxylic acids is 1. The zero-order valence-electron chi connectivity index (χ0n) is 16.7. The van der Waals surface area contributed by atoms with E-state index in [0.29, 0.717) is 16.6 Å². The number of rotatable bonds is 9. The molecule has 0 spiro atoms. The number of hydrogen-bond donors (Lipinski definition) is 1. The van der Waals surface area contributed by atoms with Crippen LogP contribution < -0.4 is 0 Å². The summed E-state index contributed by atoms with van der Waals surface area (Å²) in [5.74, 6) is -0.327. The summed E-state index contributed by atoms with van der Waals surface area (Å²) in [4.78, 5) is 11.1. The summed E-state index contributed by atoms with van der Waals surface area (Å²) in [6.07, 6.45) is -0.727. The molecule has 0 saturated carbocycles. The second-order valence-corrected chi connectivity index (χ2v) is 13.1. The fraction of sp³-hybridized carbons (Fsp3) is 0.650. The van der Waals surface area contributed by atoms with Gasteiger partial charge in [0.25, 0.3) is 0 Å². The molecule has 0 amide bonds. The van der Waals surface area contributed by atoms with Crippen molar-refractivity contribution in [3.05, 3.63) is 35.4 Å². The van der Waals surface area contributed by atoms with E-state index >= 15 is 0 Å². The molecule has 0 aliphatic heterocycles. The second kappa shape index (κ2) is 9.50. The van der Waals surface area contributed by atoms with Crippen molar-refractivity contribution in [1.29, 1.82) is 0 Å². The number of aliphatic hydroxyl groups is 1. The highest BCUT2D eigenvalue weighted by Crippen LogP contribution is 2.42. The number of esters is 1. The number of carbonyl (C=O) groups is 1. The van der Waals surface area contributed by atoms with Gasteiger partial charge in [0.05, 0.1) is 6.61 Å². The molecular formula is C20H34O4Si. The Hall–Kier alpha value is -1.17. The maximum atomic E-state index is 11.1. The van der Waals surface area contributed by atoms with Crippen molar-refractivity contribution in [1.82, 2.24) is 0 Å². The normalized spacial score (nSPS) is 13.6. The molecule has 1 N–H and O–H groups in total. The second-order valence-electron chi connectivity index (χ2n) is 7.62. The van der Waals surface area contributed by atoms with Gasteiger partial charge in [0, 0.05) is 6.92 Å². The standard InChI is InChI=1S/C20H34O4Si/c1-14(2)25(15(3)4,16(5)6)24-13-20(22)19-11-9-8-10-18(19)12-23-17(7)21/h8-11,14-16,20,22H,12-13H2,1-7H3. The van der Waals surface area contributed by atoms with E-state index in [2.05, 4.69) is 41.5 Å². The summed E-state index contributed by atoms with van der Waals surface area (Å²) in [5, 5.41) is 10.7. The molecule has 0 saturated heterocycles. The molecule has 1 rings (SSSR count). The van der Waals surface area contributed by atoms with Gasteiger partial charge in [0.1, 0.15) is 12.7 Å². The first-order valence-electron chi connectivity index (χ1n) is 9.16. The van der Waals surface area contributed by atoms with Crippen molar-refractivity contribution in [2.45, 2.75) is 77.8 Å². The number of benzene rings is 1. The third kappa shape index (κ3) is 5.40. The van der Waals surface area contributed by atoms with E-state index in [1.807, 2.05) is 24.3 Å². The van der Waals surface area contributed by atoms with Crippen LogP contribution in [0, 0.1) is 0 Å². The predicted molar refractivity (Wildman–Crippen MR) is 104 cm³/mol. The Labute approximate surface area is 153 Å². The summed E-state index contributed by atoms with van der Waals surface area (Å²) >= 11 is 0. The maximum Gasteiger partial charge on any atom is 0.302 e. The fourth-order valence-corrected chi connectivity index (χ4v) is 9.43. The Morgan fingerprint density at radius 2 is 1.56 bits per heavy atom. The monoisotopic (exact) mass is 366 g/mol. The van der Waals surface area contributed by atoms with Gasteiger partial charge < -0.3 is 14.3 Å². The van der Waals surface area contributed by atoms with Crippen LogP contribution in [0.2, 0.25) is 16.6 Å². The van der Waals surface area contributed by atoms with Gasteiger partial charge in [-0.05, 0) is 27.8 Å². The van der Waals surface area contributed by atoms with Gasteiger partial charge in [-0.1, -0.05) is 65.8 Å². The van der Waals surface area contributed by atoms with Crippen LogP contribution in [-0.4, -0.2) is 26.0 Å². The van der Waals surface area contributed by atoms with Crippen molar-refractivity contribution in [2.24, 2.45) is 0 Å². The Morgan fingerprint density at radius 1 is 1.04 bits per heavy atom. The van der Waals surface area contributed by atoms with Gasteiger partial charge in [-0.25, -0.2) is 0 Å². The highest BCUT2D eigenvalue weighted by Gasteiger charge is 2.45. The molecule has 0 aliphatic carbocycles. The van der Waals surface area contributed by atoms with Crippen molar-refractivity contribution >= 4 is 14.3 Å². The lowest BCUT2D eigenvalue weighted by atomic mass is 10.0. The molecule has 25 heavy (non-hydrogen) atoms. The molecule has 1 unspecified atom stereocenters. The third-order valence-electron chi connectivity index (χ3n) is 5.04. The molecule has 1 aromatic carbocycles. The lowest BCUT2D eigenvalue weighted by Gasteiger charge is -2.42.